The molecule has 0 aromatic heterocycles. The Kier molecular flexibility index (Phi) is 8.70. The molecule has 0 aliphatic carbocycles. The summed E-state index contributed by atoms with van der Waals surface area (Å²) >= 11 is 0. The lowest BCUT2D eigenvalue weighted by Gasteiger charge is -2.37. The van der Waals surface area contributed by atoms with Gasteiger partial charge in [0.1, 0.15) is 6.10 Å². The molecule has 0 bridgehead atoms. The first-order valence-corrected chi connectivity index (χ1v) is 11.4. The molecular formula is C23H35N5O3. The van der Waals surface area contributed by atoms with Crippen LogP contribution in [-0.2, 0) is 16.1 Å². The third-order valence-electron chi connectivity index (χ3n) is 5.57. The second-order valence-corrected chi connectivity index (χ2v) is 7.94. The van der Waals surface area contributed by atoms with Crippen LogP contribution in [0.15, 0.2) is 29.3 Å². The molecule has 1 unspecified atom stereocenters. The van der Waals surface area contributed by atoms with Gasteiger partial charge in [0.2, 0.25) is 0 Å². The highest BCUT2D eigenvalue weighted by atomic mass is 16.5. The molecule has 2 aliphatic rings. The summed E-state index contributed by atoms with van der Waals surface area (Å²) in [4.78, 5) is 33.7. The maximum Gasteiger partial charge on any atom is 0.251 e. The monoisotopic (exact) mass is 429 g/mol. The molecular weight excluding hydrogens is 394 g/mol. The molecule has 8 heteroatoms. The van der Waals surface area contributed by atoms with Gasteiger partial charge >= 0.3 is 0 Å². The minimum absolute atomic E-state index is 0.0494. The number of carbonyl (C=O) groups excluding carboxylic acids is 2. The number of rotatable bonds is 7. The fourth-order valence-corrected chi connectivity index (χ4v) is 3.86. The van der Waals surface area contributed by atoms with E-state index in [9.17, 15) is 9.59 Å². The van der Waals surface area contributed by atoms with Crippen LogP contribution < -0.4 is 10.6 Å². The molecule has 1 aromatic carbocycles. The van der Waals surface area contributed by atoms with Crippen molar-refractivity contribution in [3.63, 3.8) is 0 Å². The number of piperazine rings is 1. The van der Waals surface area contributed by atoms with Gasteiger partial charge in [0.15, 0.2) is 5.96 Å². The minimum Gasteiger partial charge on any atom is -0.368 e. The second kappa shape index (κ2) is 11.7. The van der Waals surface area contributed by atoms with Crippen LogP contribution in [0.3, 0.4) is 0 Å². The van der Waals surface area contributed by atoms with Crippen molar-refractivity contribution in [1.82, 2.24) is 20.4 Å². The topological polar surface area (TPSA) is 86.3 Å². The molecule has 0 spiro atoms. The maximum absolute atomic E-state index is 12.6. The molecule has 3 rings (SSSR count). The van der Waals surface area contributed by atoms with Gasteiger partial charge in [-0.2, -0.15) is 0 Å². The Bertz CT molecular complexity index is 768. The van der Waals surface area contributed by atoms with Crippen molar-refractivity contribution in [3.05, 3.63) is 35.4 Å². The molecule has 2 N–H and O–H groups in total. The van der Waals surface area contributed by atoms with Crippen molar-refractivity contribution in [2.24, 2.45) is 4.99 Å². The first-order valence-electron chi connectivity index (χ1n) is 11.4. The van der Waals surface area contributed by atoms with Gasteiger partial charge in [0.05, 0.1) is 6.54 Å². The van der Waals surface area contributed by atoms with Crippen molar-refractivity contribution in [2.45, 2.75) is 45.8 Å². The maximum atomic E-state index is 12.6. The Balaban J connectivity index is 1.58. The van der Waals surface area contributed by atoms with Gasteiger partial charge in [-0.3, -0.25) is 9.59 Å². The SMILES string of the molecule is CCCNC(=O)c1cccc(CN=C(NCC)N2CCN(C(=O)C3CCCO3)CC2)c1. The van der Waals surface area contributed by atoms with Crippen LogP contribution in [0.4, 0.5) is 0 Å². The number of hydrogen-bond donors (Lipinski definition) is 2. The zero-order valence-corrected chi connectivity index (χ0v) is 18.7. The van der Waals surface area contributed by atoms with E-state index in [1.807, 2.05) is 43.0 Å². The molecule has 0 saturated carbocycles. The number of aliphatic imine (C=N–C) groups is 1. The lowest BCUT2D eigenvalue weighted by atomic mass is 10.1. The summed E-state index contributed by atoms with van der Waals surface area (Å²) in [6.07, 6.45) is 2.46. The molecule has 8 nitrogen and oxygen atoms in total. The molecule has 2 amide bonds. The van der Waals surface area contributed by atoms with Crippen LogP contribution >= 0.6 is 0 Å². The van der Waals surface area contributed by atoms with Gasteiger partial charge in [-0.15, -0.1) is 0 Å². The summed E-state index contributed by atoms with van der Waals surface area (Å²) < 4.78 is 5.55. The van der Waals surface area contributed by atoms with E-state index in [0.717, 1.165) is 50.4 Å². The van der Waals surface area contributed by atoms with E-state index < -0.39 is 0 Å². The van der Waals surface area contributed by atoms with Gasteiger partial charge in [-0.1, -0.05) is 19.1 Å². The molecule has 2 aliphatic heterocycles. The number of amides is 2. The summed E-state index contributed by atoms with van der Waals surface area (Å²) in [6, 6.07) is 7.61. The van der Waals surface area contributed by atoms with Crippen LogP contribution in [0.25, 0.3) is 0 Å². The summed E-state index contributed by atoms with van der Waals surface area (Å²) in [7, 11) is 0. The number of hydrogen-bond acceptors (Lipinski definition) is 4. The Morgan fingerprint density at radius 3 is 2.58 bits per heavy atom. The number of ether oxygens (including phenoxy) is 1. The lowest BCUT2D eigenvalue weighted by molar-refractivity contribution is -0.142. The molecule has 170 valence electrons. The first kappa shape index (κ1) is 23.1. The number of nitrogens with zero attached hydrogens (tertiary/aromatic N) is 3. The lowest BCUT2D eigenvalue weighted by Crippen LogP contribution is -2.55. The zero-order chi connectivity index (χ0) is 22.1. The van der Waals surface area contributed by atoms with E-state index in [2.05, 4.69) is 15.5 Å². The van der Waals surface area contributed by atoms with Crippen molar-refractivity contribution in [3.8, 4) is 0 Å². The minimum atomic E-state index is -0.254. The molecule has 0 radical (unpaired) electrons. The highest BCUT2D eigenvalue weighted by Gasteiger charge is 2.30. The van der Waals surface area contributed by atoms with E-state index in [1.165, 1.54) is 0 Å². The average molecular weight is 430 g/mol. The standard InChI is InChI=1S/C23H35N5O3/c1-3-10-25-21(29)19-8-5-7-18(16-19)17-26-23(24-4-2)28-13-11-27(12-14-28)22(30)20-9-6-15-31-20/h5,7-8,16,20H,3-4,6,9-15,17H2,1-2H3,(H,24,26)(H,25,29). The smallest absolute Gasteiger partial charge is 0.251 e. The van der Waals surface area contributed by atoms with Gasteiger partial charge in [-0.05, 0) is 43.9 Å². The van der Waals surface area contributed by atoms with Crippen LogP contribution in [0, 0.1) is 0 Å². The third kappa shape index (κ3) is 6.43. The molecule has 1 aromatic rings. The Labute approximate surface area is 185 Å². The fraction of sp³-hybridized carbons (Fsp3) is 0.609. The second-order valence-electron chi connectivity index (χ2n) is 7.94. The third-order valence-corrected chi connectivity index (χ3v) is 5.57. The number of guanidine groups is 1. The largest absolute Gasteiger partial charge is 0.368 e. The van der Waals surface area contributed by atoms with Crippen molar-refractivity contribution in [2.75, 3.05) is 45.9 Å². The van der Waals surface area contributed by atoms with Gasteiger partial charge in [0.25, 0.3) is 11.8 Å². The van der Waals surface area contributed by atoms with Gasteiger partial charge in [-0.25, -0.2) is 4.99 Å². The highest BCUT2D eigenvalue weighted by Crippen LogP contribution is 2.16. The molecule has 2 saturated heterocycles. The predicted molar refractivity (Wildman–Crippen MR) is 121 cm³/mol. The quantitative estimate of drug-likeness (QED) is 0.508. The molecule has 2 fully saturated rings. The van der Waals surface area contributed by atoms with Crippen molar-refractivity contribution in [1.29, 1.82) is 0 Å². The van der Waals surface area contributed by atoms with Crippen LogP contribution in [-0.4, -0.2) is 79.6 Å². The van der Waals surface area contributed by atoms with Crippen molar-refractivity contribution < 1.29 is 14.3 Å². The predicted octanol–water partition coefficient (Wildman–Crippen LogP) is 1.62. The molecule has 2 heterocycles. The number of nitrogens with one attached hydrogen (secondary N) is 2. The summed E-state index contributed by atoms with van der Waals surface area (Å²) in [6.45, 7) is 9.54. The van der Waals surface area contributed by atoms with E-state index in [-0.39, 0.29) is 17.9 Å². The van der Waals surface area contributed by atoms with Crippen LogP contribution in [0.5, 0.6) is 0 Å². The normalized spacial score (nSPS) is 19.4. The van der Waals surface area contributed by atoms with Crippen LogP contribution in [0.2, 0.25) is 0 Å². The fourth-order valence-electron chi connectivity index (χ4n) is 3.86. The first-order chi connectivity index (χ1) is 15.1. The van der Waals surface area contributed by atoms with E-state index in [4.69, 9.17) is 9.73 Å². The average Bonchev–Trinajstić information content (AvgIpc) is 3.35. The Hall–Kier alpha value is -2.61. The Morgan fingerprint density at radius 1 is 1.13 bits per heavy atom. The molecule has 1 atom stereocenters. The van der Waals surface area contributed by atoms with E-state index >= 15 is 0 Å². The van der Waals surface area contributed by atoms with Crippen LogP contribution in [0.1, 0.15) is 49.0 Å². The summed E-state index contributed by atoms with van der Waals surface area (Å²) in [5, 5.41) is 6.27. The van der Waals surface area contributed by atoms with E-state index in [0.29, 0.717) is 38.3 Å². The number of benzene rings is 1. The summed E-state index contributed by atoms with van der Waals surface area (Å²) in [5.41, 5.74) is 1.65. The van der Waals surface area contributed by atoms with Gasteiger partial charge in [0, 0.05) is 51.4 Å². The number of carbonyl (C=O) groups is 2. The Morgan fingerprint density at radius 2 is 1.90 bits per heavy atom. The molecule has 31 heavy (non-hydrogen) atoms. The van der Waals surface area contributed by atoms with Gasteiger partial charge < -0.3 is 25.2 Å². The highest BCUT2D eigenvalue weighted by molar-refractivity contribution is 5.94. The van der Waals surface area contributed by atoms with E-state index in [1.54, 1.807) is 0 Å². The van der Waals surface area contributed by atoms with Crippen molar-refractivity contribution >= 4 is 17.8 Å². The summed E-state index contributed by atoms with van der Waals surface area (Å²) in [5.74, 6) is 0.913. The zero-order valence-electron chi connectivity index (χ0n) is 18.7.